The third-order valence-corrected chi connectivity index (χ3v) is 3.31. The molecule has 0 aliphatic rings. The van der Waals surface area contributed by atoms with Crippen molar-refractivity contribution in [1.82, 2.24) is 4.90 Å². The molecule has 1 aromatic carbocycles. The summed E-state index contributed by atoms with van der Waals surface area (Å²) in [6.45, 7) is 6.35. The molecule has 0 aliphatic heterocycles. The van der Waals surface area contributed by atoms with E-state index in [0.717, 1.165) is 37.2 Å². The normalized spacial score (nSPS) is 12.4. The first-order valence-corrected chi connectivity index (χ1v) is 7.22. The first-order valence-electron chi connectivity index (χ1n) is 6.81. The topological polar surface area (TPSA) is 38.5 Å². The van der Waals surface area contributed by atoms with Gasteiger partial charge in [0, 0.05) is 0 Å². The van der Waals surface area contributed by atoms with Gasteiger partial charge in [-0.2, -0.15) is 0 Å². The number of benzene rings is 1. The van der Waals surface area contributed by atoms with Crippen LogP contribution in [0.15, 0.2) is 24.3 Å². The molecule has 0 heterocycles. The summed E-state index contributed by atoms with van der Waals surface area (Å²) in [5, 5.41) is 0. The highest BCUT2D eigenvalue weighted by atomic mass is 32.1. The Bertz CT molecular complexity index is 386. The molecule has 0 bridgehead atoms. The van der Waals surface area contributed by atoms with Gasteiger partial charge in [-0.05, 0) is 43.6 Å². The molecule has 1 aromatic rings. The van der Waals surface area contributed by atoms with Crippen LogP contribution in [0.4, 0.5) is 0 Å². The van der Waals surface area contributed by atoms with Crippen LogP contribution >= 0.6 is 12.2 Å². The van der Waals surface area contributed by atoms with Crippen LogP contribution in [-0.2, 0) is 0 Å². The quantitative estimate of drug-likeness (QED) is 0.742. The predicted octanol–water partition coefficient (Wildman–Crippen LogP) is 3.14. The van der Waals surface area contributed by atoms with E-state index in [4.69, 9.17) is 22.7 Å². The molecule has 0 saturated carbocycles. The van der Waals surface area contributed by atoms with E-state index >= 15 is 0 Å². The molecule has 0 aromatic heterocycles. The Hall–Kier alpha value is -1.13. The average Bonchev–Trinajstić information content (AvgIpc) is 2.40. The van der Waals surface area contributed by atoms with Crippen LogP contribution in [0.2, 0.25) is 0 Å². The second-order valence-corrected chi connectivity index (χ2v) is 5.09. The van der Waals surface area contributed by atoms with E-state index in [0.29, 0.717) is 4.99 Å². The SMILES string of the molecule is CCCN(CCC)C(C(N)=S)c1ccc(OC)cc1. The Kier molecular flexibility index (Phi) is 6.81. The molecule has 1 unspecified atom stereocenters. The molecule has 1 rings (SSSR count). The van der Waals surface area contributed by atoms with E-state index in [2.05, 4.69) is 18.7 Å². The fourth-order valence-electron chi connectivity index (χ4n) is 2.29. The number of rotatable bonds is 8. The van der Waals surface area contributed by atoms with Crippen LogP contribution in [0.5, 0.6) is 5.75 Å². The summed E-state index contributed by atoms with van der Waals surface area (Å²) < 4.78 is 5.19. The molecule has 4 heteroatoms. The number of nitrogens with two attached hydrogens (primary N) is 1. The van der Waals surface area contributed by atoms with Crippen molar-refractivity contribution >= 4 is 17.2 Å². The van der Waals surface area contributed by atoms with Crippen LogP contribution < -0.4 is 10.5 Å². The zero-order chi connectivity index (χ0) is 14.3. The van der Waals surface area contributed by atoms with Gasteiger partial charge in [0.15, 0.2) is 0 Å². The predicted molar refractivity (Wildman–Crippen MR) is 84.7 cm³/mol. The maximum atomic E-state index is 5.96. The third kappa shape index (κ3) is 4.48. The summed E-state index contributed by atoms with van der Waals surface area (Å²) in [6.07, 6.45) is 2.19. The lowest BCUT2D eigenvalue weighted by molar-refractivity contribution is 0.245. The van der Waals surface area contributed by atoms with Crippen LogP contribution in [0.3, 0.4) is 0 Å². The Balaban J connectivity index is 2.99. The number of hydrogen-bond acceptors (Lipinski definition) is 3. The van der Waals surface area contributed by atoms with Gasteiger partial charge in [-0.1, -0.05) is 38.2 Å². The molecule has 1 atom stereocenters. The number of nitrogens with zero attached hydrogens (tertiary/aromatic N) is 1. The maximum absolute atomic E-state index is 5.96. The van der Waals surface area contributed by atoms with Crippen LogP contribution in [-0.4, -0.2) is 30.1 Å². The molecule has 0 saturated heterocycles. The molecule has 0 amide bonds. The molecule has 19 heavy (non-hydrogen) atoms. The van der Waals surface area contributed by atoms with Gasteiger partial charge in [0.25, 0.3) is 0 Å². The van der Waals surface area contributed by atoms with Gasteiger partial charge in [0.1, 0.15) is 5.75 Å². The Labute approximate surface area is 121 Å². The fourth-order valence-corrected chi connectivity index (χ4v) is 2.57. The summed E-state index contributed by atoms with van der Waals surface area (Å²) in [5.41, 5.74) is 7.09. The van der Waals surface area contributed by atoms with E-state index in [1.54, 1.807) is 7.11 Å². The standard InChI is InChI=1S/C15H24N2OS/c1-4-10-17(11-5-2)14(15(16)19)12-6-8-13(18-3)9-7-12/h6-9,14H,4-5,10-11H2,1-3H3,(H2,16,19). The maximum Gasteiger partial charge on any atom is 0.118 e. The van der Waals surface area contributed by atoms with Gasteiger partial charge in [-0.25, -0.2) is 0 Å². The van der Waals surface area contributed by atoms with Crippen LogP contribution in [0.1, 0.15) is 38.3 Å². The van der Waals surface area contributed by atoms with Crippen molar-refractivity contribution in [2.24, 2.45) is 5.73 Å². The second kappa shape index (κ2) is 8.12. The molecule has 0 spiro atoms. The van der Waals surface area contributed by atoms with Crippen molar-refractivity contribution in [2.45, 2.75) is 32.7 Å². The lowest BCUT2D eigenvalue weighted by Gasteiger charge is -2.31. The summed E-state index contributed by atoms with van der Waals surface area (Å²) in [6, 6.07) is 8.01. The third-order valence-electron chi connectivity index (χ3n) is 3.09. The van der Waals surface area contributed by atoms with Crippen molar-refractivity contribution in [1.29, 1.82) is 0 Å². The molecule has 0 fully saturated rings. The van der Waals surface area contributed by atoms with Crippen molar-refractivity contribution in [3.05, 3.63) is 29.8 Å². The average molecular weight is 280 g/mol. The monoisotopic (exact) mass is 280 g/mol. The molecule has 3 nitrogen and oxygen atoms in total. The lowest BCUT2D eigenvalue weighted by Crippen LogP contribution is -2.37. The highest BCUT2D eigenvalue weighted by Crippen LogP contribution is 2.24. The number of methoxy groups -OCH3 is 1. The van der Waals surface area contributed by atoms with E-state index in [-0.39, 0.29) is 6.04 Å². The van der Waals surface area contributed by atoms with E-state index in [9.17, 15) is 0 Å². The molecular weight excluding hydrogens is 256 g/mol. The zero-order valence-electron chi connectivity index (χ0n) is 12.1. The van der Waals surface area contributed by atoms with Gasteiger partial charge in [0.2, 0.25) is 0 Å². The molecule has 106 valence electrons. The Morgan fingerprint density at radius 3 is 2.11 bits per heavy atom. The summed E-state index contributed by atoms with van der Waals surface area (Å²) in [5.74, 6) is 0.850. The largest absolute Gasteiger partial charge is 0.497 e. The van der Waals surface area contributed by atoms with Crippen molar-refractivity contribution < 1.29 is 4.74 Å². The minimum atomic E-state index is 0.0146. The minimum Gasteiger partial charge on any atom is -0.497 e. The Morgan fingerprint density at radius 1 is 1.21 bits per heavy atom. The van der Waals surface area contributed by atoms with Crippen molar-refractivity contribution in [2.75, 3.05) is 20.2 Å². The van der Waals surface area contributed by atoms with Crippen LogP contribution in [0, 0.1) is 0 Å². The summed E-state index contributed by atoms with van der Waals surface area (Å²) in [4.78, 5) is 2.89. The van der Waals surface area contributed by atoms with Crippen LogP contribution in [0.25, 0.3) is 0 Å². The number of hydrogen-bond donors (Lipinski definition) is 1. The summed E-state index contributed by atoms with van der Waals surface area (Å²) in [7, 11) is 1.67. The number of ether oxygens (including phenoxy) is 1. The summed E-state index contributed by atoms with van der Waals surface area (Å²) >= 11 is 5.27. The molecular formula is C15H24N2OS. The molecule has 2 N–H and O–H groups in total. The Morgan fingerprint density at radius 2 is 1.74 bits per heavy atom. The van der Waals surface area contributed by atoms with E-state index < -0.39 is 0 Å². The van der Waals surface area contributed by atoms with Gasteiger partial charge >= 0.3 is 0 Å². The van der Waals surface area contributed by atoms with Gasteiger partial charge in [-0.15, -0.1) is 0 Å². The molecule has 0 aliphatic carbocycles. The molecule has 0 radical (unpaired) electrons. The minimum absolute atomic E-state index is 0.0146. The van der Waals surface area contributed by atoms with Gasteiger partial charge < -0.3 is 10.5 Å². The van der Waals surface area contributed by atoms with E-state index in [1.807, 2.05) is 24.3 Å². The number of thiocarbonyl (C=S) groups is 1. The van der Waals surface area contributed by atoms with E-state index in [1.165, 1.54) is 0 Å². The fraction of sp³-hybridized carbons (Fsp3) is 0.533. The lowest BCUT2D eigenvalue weighted by atomic mass is 10.0. The van der Waals surface area contributed by atoms with Crippen molar-refractivity contribution in [3.63, 3.8) is 0 Å². The highest BCUT2D eigenvalue weighted by molar-refractivity contribution is 7.80. The van der Waals surface area contributed by atoms with Crippen molar-refractivity contribution in [3.8, 4) is 5.75 Å². The zero-order valence-corrected chi connectivity index (χ0v) is 12.9. The first-order chi connectivity index (χ1) is 9.13. The van der Waals surface area contributed by atoms with Gasteiger partial charge in [-0.3, -0.25) is 4.90 Å². The smallest absolute Gasteiger partial charge is 0.118 e. The highest BCUT2D eigenvalue weighted by Gasteiger charge is 2.21. The second-order valence-electron chi connectivity index (χ2n) is 4.61. The first kappa shape index (κ1) is 15.9. The van der Waals surface area contributed by atoms with Gasteiger partial charge in [0.05, 0.1) is 18.1 Å².